The molecule has 0 amide bonds. The van der Waals surface area contributed by atoms with Gasteiger partial charge in [-0.15, -0.1) is 41.3 Å². The summed E-state index contributed by atoms with van der Waals surface area (Å²) < 4.78 is 11.1. The molecule has 5 nitrogen and oxygen atoms in total. The summed E-state index contributed by atoms with van der Waals surface area (Å²) in [5.74, 6) is 4.00. The van der Waals surface area contributed by atoms with Crippen molar-refractivity contribution >= 4 is 21.8 Å². The molecular weight excluding hydrogens is 832 g/mol. The van der Waals surface area contributed by atoms with Crippen LogP contribution in [0, 0.1) is 30.9 Å². The van der Waals surface area contributed by atoms with Crippen molar-refractivity contribution in [1.82, 2.24) is 19.3 Å². The minimum absolute atomic E-state index is 0. The van der Waals surface area contributed by atoms with Crippen LogP contribution in [0.3, 0.4) is 0 Å². The van der Waals surface area contributed by atoms with E-state index in [0.717, 1.165) is 44.6 Å². The Kier molecular flexibility index (Phi) is 10.5. The SMILES string of the molecule is CC1=C[C@H](C)C[C@H](C)C1c1c(C)nn(-c2[c-]c(Oc3[c-]c4c(cc3)c3ccccc3n4-c3cc(C(C)C)ccn3)cc(C(C)(C)C)c2)c1C(C)(C)C.[Pt+2]. The number of nitrogens with zero attached hydrogens (tertiary/aromatic N) is 4. The number of ether oxygens (including phenoxy) is 1. The van der Waals surface area contributed by atoms with E-state index in [1.165, 1.54) is 28.8 Å². The Hall–Kier alpha value is -3.95. The second-order valence-corrected chi connectivity index (χ2v) is 17.6. The number of aromatic nitrogens is 4. The van der Waals surface area contributed by atoms with Gasteiger partial charge in [-0.1, -0.05) is 105 Å². The summed E-state index contributed by atoms with van der Waals surface area (Å²) in [6.45, 7) is 27.3. The second kappa shape index (κ2) is 14.4. The number of hydrogen-bond donors (Lipinski definition) is 0. The smallest absolute Gasteiger partial charge is 0.509 e. The van der Waals surface area contributed by atoms with E-state index in [0.29, 0.717) is 35.2 Å². The van der Waals surface area contributed by atoms with E-state index in [4.69, 9.17) is 14.8 Å². The molecule has 3 aromatic carbocycles. The molecular formula is C47H54N4OPt. The number of fused-ring (bicyclic) bond motifs is 3. The molecule has 0 aliphatic heterocycles. The molecule has 6 heteroatoms. The van der Waals surface area contributed by atoms with E-state index in [1.807, 2.05) is 12.3 Å². The fourth-order valence-corrected chi connectivity index (χ4v) is 8.45. The van der Waals surface area contributed by atoms with Crippen LogP contribution >= 0.6 is 0 Å². The van der Waals surface area contributed by atoms with Crippen molar-refractivity contribution in [2.24, 2.45) is 11.8 Å². The Balaban J connectivity index is 0.00000481. The largest absolute Gasteiger partial charge is 2.00 e. The molecule has 0 spiro atoms. The van der Waals surface area contributed by atoms with Gasteiger partial charge in [-0.05, 0) is 78.3 Å². The zero-order valence-electron chi connectivity index (χ0n) is 33.5. The first-order chi connectivity index (χ1) is 24.5. The van der Waals surface area contributed by atoms with Gasteiger partial charge in [-0.3, -0.25) is 4.68 Å². The maximum absolute atomic E-state index is 6.76. The van der Waals surface area contributed by atoms with E-state index in [1.54, 1.807) is 0 Å². The summed E-state index contributed by atoms with van der Waals surface area (Å²) in [5.41, 5.74) is 10.2. The van der Waals surface area contributed by atoms with Gasteiger partial charge in [-0.2, -0.15) is 11.2 Å². The van der Waals surface area contributed by atoms with Crippen LogP contribution in [0.2, 0.25) is 0 Å². The zero-order valence-corrected chi connectivity index (χ0v) is 35.7. The predicted octanol–water partition coefficient (Wildman–Crippen LogP) is 12.5. The average molecular weight is 886 g/mol. The van der Waals surface area contributed by atoms with Crippen LogP contribution in [0.5, 0.6) is 11.5 Å². The predicted molar refractivity (Wildman–Crippen MR) is 216 cm³/mol. The van der Waals surface area contributed by atoms with E-state index in [9.17, 15) is 0 Å². The van der Waals surface area contributed by atoms with Crippen molar-refractivity contribution in [3.05, 3.63) is 119 Å². The third-order valence-corrected chi connectivity index (χ3v) is 10.8. The van der Waals surface area contributed by atoms with Gasteiger partial charge in [0.1, 0.15) is 5.82 Å². The van der Waals surface area contributed by atoms with Gasteiger partial charge in [0.25, 0.3) is 0 Å². The summed E-state index contributed by atoms with van der Waals surface area (Å²) in [4.78, 5) is 4.83. The molecule has 0 fully saturated rings. The quantitative estimate of drug-likeness (QED) is 0.124. The number of benzene rings is 3. The molecule has 0 N–H and O–H groups in total. The number of allylic oxidation sites excluding steroid dienone is 2. The van der Waals surface area contributed by atoms with Crippen LogP contribution in [-0.2, 0) is 31.9 Å². The van der Waals surface area contributed by atoms with E-state index in [2.05, 4.69) is 165 Å². The molecule has 1 aliphatic carbocycles. The summed E-state index contributed by atoms with van der Waals surface area (Å²) >= 11 is 0. The van der Waals surface area contributed by atoms with Gasteiger partial charge in [-0.25, -0.2) is 4.98 Å². The maximum Gasteiger partial charge on any atom is 2.00 e. The molecule has 3 atom stereocenters. The van der Waals surface area contributed by atoms with Crippen LogP contribution in [0.25, 0.3) is 33.3 Å². The molecule has 7 rings (SSSR count). The van der Waals surface area contributed by atoms with Gasteiger partial charge < -0.3 is 9.30 Å². The number of rotatable bonds is 6. The summed E-state index contributed by atoms with van der Waals surface area (Å²) in [5, 5.41) is 7.56. The molecule has 3 heterocycles. The van der Waals surface area contributed by atoms with Crippen molar-refractivity contribution in [1.29, 1.82) is 0 Å². The Labute approximate surface area is 331 Å². The van der Waals surface area contributed by atoms with Crippen LogP contribution < -0.4 is 4.74 Å². The van der Waals surface area contributed by atoms with E-state index in [-0.39, 0.29) is 31.9 Å². The van der Waals surface area contributed by atoms with Gasteiger partial charge in [0, 0.05) is 40.1 Å². The third kappa shape index (κ3) is 7.31. The number of para-hydroxylation sites is 1. The van der Waals surface area contributed by atoms with Crippen LogP contribution in [0.15, 0.2) is 78.5 Å². The first-order valence-corrected chi connectivity index (χ1v) is 19.0. The van der Waals surface area contributed by atoms with Crippen molar-refractivity contribution in [2.75, 3.05) is 0 Å². The molecule has 0 saturated heterocycles. The molecule has 53 heavy (non-hydrogen) atoms. The number of pyridine rings is 1. The van der Waals surface area contributed by atoms with Gasteiger partial charge in [0.05, 0.1) is 11.4 Å². The Bertz CT molecular complexity index is 2330. The molecule has 1 unspecified atom stereocenters. The van der Waals surface area contributed by atoms with Gasteiger partial charge >= 0.3 is 21.1 Å². The van der Waals surface area contributed by atoms with Crippen molar-refractivity contribution < 1.29 is 25.8 Å². The first kappa shape index (κ1) is 38.8. The molecule has 0 radical (unpaired) electrons. The molecule has 0 bridgehead atoms. The normalized spacial score (nSPS) is 18.1. The topological polar surface area (TPSA) is 44.9 Å². The molecule has 1 aliphatic rings. The van der Waals surface area contributed by atoms with E-state index < -0.39 is 0 Å². The minimum Gasteiger partial charge on any atom is -0.509 e. The van der Waals surface area contributed by atoms with Gasteiger partial charge in [0.15, 0.2) is 0 Å². The second-order valence-electron chi connectivity index (χ2n) is 17.6. The fraction of sp³-hybridized carbons (Fsp3) is 0.404. The van der Waals surface area contributed by atoms with E-state index >= 15 is 0 Å². The van der Waals surface area contributed by atoms with Crippen LogP contribution in [0.1, 0.15) is 122 Å². The first-order valence-electron chi connectivity index (χ1n) is 19.0. The average Bonchev–Trinajstić information content (AvgIpc) is 3.58. The Morgan fingerprint density at radius 3 is 2.26 bits per heavy atom. The third-order valence-electron chi connectivity index (χ3n) is 10.8. The fourth-order valence-electron chi connectivity index (χ4n) is 8.45. The molecule has 6 aromatic rings. The number of hydrogen-bond acceptors (Lipinski definition) is 3. The van der Waals surface area contributed by atoms with Gasteiger partial charge in [0.2, 0.25) is 0 Å². The van der Waals surface area contributed by atoms with Crippen LogP contribution in [-0.4, -0.2) is 19.3 Å². The Morgan fingerprint density at radius 1 is 0.849 bits per heavy atom. The van der Waals surface area contributed by atoms with Crippen LogP contribution in [0.4, 0.5) is 0 Å². The van der Waals surface area contributed by atoms with Crippen molar-refractivity contribution in [3.8, 4) is 23.0 Å². The van der Waals surface area contributed by atoms with Crippen molar-refractivity contribution in [2.45, 2.75) is 112 Å². The summed E-state index contributed by atoms with van der Waals surface area (Å²) in [6, 6.07) is 28.6. The summed E-state index contributed by atoms with van der Waals surface area (Å²) in [6.07, 6.45) is 5.55. The standard InChI is InChI=1S/C47H54N4O.Pt/c1-28(2)33-19-20-48-42(23-33)50-40-16-14-13-15-38(40)39-18-17-36(27-41(39)50)52-37-25-34(46(7,8)9)24-35(26-37)51-45(47(10,11)12)44(32(6)49-51)43-30(4)21-29(3)22-31(43)5;/h13-21,23-25,28-29,31,43H,22H2,1-12H3;/q-2;+2/t29-,31-,43?;/m0./s1. The zero-order chi connectivity index (χ0) is 37.3. The maximum atomic E-state index is 6.76. The molecule has 0 saturated carbocycles. The monoisotopic (exact) mass is 885 g/mol. The summed E-state index contributed by atoms with van der Waals surface area (Å²) in [7, 11) is 0. The molecule has 278 valence electrons. The number of aryl methyl sites for hydroxylation is 1. The Morgan fingerprint density at radius 2 is 1.58 bits per heavy atom. The molecule has 3 aromatic heterocycles. The minimum atomic E-state index is -0.153. The van der Waals surface area contributed by atoms with Crippen molar-refractivity contribution in [3.63, 3.8) is 0 Å².